The number of ether oxygens (including phenoxy) is 1. The molecule has 2 aromatic carbocycles. The summed E-state index contributed by atoms with van der Waals surface area (Å²) >= 11 is 6.76. The molecule has 1 unspecified atom stereocenters. The highest BCUT2D eigenvalue weighted by molar-refractivity contribution is 9.10. The van der Waals surface area contributed by atoms with E-state index in [4.69, 9.17) is 4.74 Å². The molecule has 0 saturated carbocycles. The first-order valence-corrected chi connectivity index (χ1v) is 7.78. The van der Waals surface area contributed by atoms with Crippen molar-refractivity contribution < 1.29 is 9.53 Å². The molecule has 0 N–H and O–H groups in total. The minimum absolute atomic E-state index is 0.0307. The maximum Gasteiger partial charge on any atom is 0.202 e. The summed E-state index contributed by atoms with van der Waals surface area (Å²) < 4.78 is 7.66. The highest BCUT2D eigenvalue weighted by Gasteiger charge is 2.17. The SMILES string of the molecule is Cc1ccc(Br)cc1OC(C)C(=O)c1ccc(Br)cc1. The van der Waals surface area contributed by atoms with Gasteiger partial charge in [-0.3, -0.25) is 4.79 Å². The van der Waals surface area contributed by atoms with Gasteiger partial charge in [-0.05, 0) is 43.7 Å². The molecule has 0 saturated heterocycles. The quantitative estimate of drug-likeness (QED) is 0.665. The summed E-state index contributed by atoms with van der Waals surface area (Å²) in [4.78, 5) is 12.3. The lowest BCUT2D eigenvalue weighted by atomic mass is 10.1. The number of hydrogen-bond acceptors (Lipinski definition) is 2. The van der Waals surface area contributed by atoms with E-state index in [1.807, 2.05) is 37.3 Å². The third kappa shape index (κ3) is 3.70. The monoisotopic (exact) mass is 396 g/mol. The van der Waals surface area contributed by atoms with Gasteiger partial charge in [0.15, 0.2) is 6.10 Å². The highest BCUT2D eigenvalue weighted by atomic mass is 79.9. The van der Waals surface area contributed by atoms with Gasteiger partial charge in [-0.25, -0.2) is 0 Å². The lowest BCUT2D eigenvalue weighted by Crippen LogP contribution is -2.24. The molecule has 0 aliphatic rings. The van der Waals surface area contributed by atoms with Gasteiger partial charge in [-0.2, -0.15) is 0 Å². The first-order valence-electron chi connectivity index (χ1n) is 6.20. The maximum absolute atomic E-state index is 12.3. The van der Waals surface area contributed by atoms with Crippen LogP contribution in [0.15, 0.2) is 51.4 Å². The van der Waals surface area contributed by atoms with Gasteiger partial charge in [-0.1, -0.05) is 50.1 Å². The number of aryl methyl sites for hydroxylation is 1. The second-order valence-corrected chi connectivity index (χ2v) is 6.37. The zero-order chi connectivity index (χ0) is 14.7. The third-order valence-electron chi connectivity index (χ3n) is 2.95. The van der Waals surface area contributed by atoms with Crippen molar-refractivity contribution in [2.75, 3.05) is 0 Å². The van der Waals surface area contributed by atoms with Gasteiger partial charge in [-0.15, -0.1) is 0 Å². The van der Waals surface area contributed by atoms with Gasteiger partial charge >= 0.3 is 0 Å². The molecule has 2 aromatic rings. The number of carbonyl (C=O) groups excluding carboxylic acids is 1. The molecular formula is C16H14Br2O2. The van der Waals surface area contributed by atoms with Gasteiger partial charge in [0.1, 0.15) is 5.75 Å². The Kier molecular flexibility index (Phi) is 5.00. The minimum Gasteiger partial charge on any atom is -0.482 e. The maximum atomic E-state index is 12.3. The van der Waals surface area contributed by atoms with Crippen LogP contribution < -0.4 is 4.74 Å². The molecular weight excluding hydrogens is 384 g/mol. The molecule has 0 fully saturated rings. The van der Waals surface area contributed by atoms with Crippen molar-refractivity contribution in [3.8, 4) is 5.75 Å². The van der Waals surface area contributed by atoms with Gasteiger partial charge in [0.25, 0.3) is 0 Å². The van der Waals surface area contributed by atoms with Crippen LogP contribution in [0.2, 0.25) is 0 Å². The average Bonchev–Trinajstić information content (AvgIpc) is 2.43. The van der Waals surface area contributed by atoms with E-state index in [2.05, 4.69) is 31.9 Å². The van der Waals surface area contributed by atoms with Crippen LogP contribution >= 0.6 is 31.9 Å². The molecule has 2 nitrogen and oxygen atoms in total. The first kappa shape index (κ1) is 15.3. The van der Waals surface area contributed by atoms with E-state index in [9.17, 15) is 4.79 Å². The molecule has 0 bridgehead atoms. The van der Waals surface area contributed by atoms with E-state index in [1.165, 1.54) is 0 Å². The number of ketones is 1. The Morgan fingerprint density at radius 2 is 1.65 bits per heavy atom. The molecule has 104 valence electrons. The molecule has 0 aliphatic heterocycles. The van der Waals surface area contributed by atoms with E-state index in [0.717, 1.165) is 20.3 Å². The highest BCUT2D eigenvalue weighted by Crippen LogP contribution is 2.24. The molecule has 4 heteroatoms. The van der Waals surface area contributed by atoms with Crippen LogP contribution in [0, 0.1) is 6.92 Å². The smallest absolute Gasteiger partial charge is 0.202 e. The molecule has 0 aromatic heterocycles. The van der Waals surface area contributed by atoms with Crippen LogP contribution in [0.5, 0.6) is 5.75 Å². The van der Waals surface area contributed by atoms with Crippen molar-refractivity contribution in [3.05, 3.63) is 62.5 Å². The summed E-state index contributed by atoms with van der Waals surface area (Å²) in [5.74, 6) is 0.689. The number of carbonyl (C=O) groups is 1. The number of benzene rings is 2. The standard InChI is InChI=1S/C16H14Br2O2/c1-10-3-6-14(18)9-15(10)20-11(2)16(19)12-4-7-13(17)8-5-12/h3-9,11H,1-2H3. The Balaban J connectivity index is 2.15. The normalized spacial score (nSPS) is 12.0. The summed E-state index contributed by atoms with van der Waals surface area (Å²) in [6.07, 6.45) is -0.524. The Labute approximate surface area is 135 Å². The van der Waals surface area contributed by atoms with Crippen LogP contribution in [-0.4, -0.2) is 11.9 Å². The second-order valence-electron chi connectivity index (χ2n) is 4.54. The van der Waals surface area contributed by atoms with Crippen molar-refractivity contribution in [1.82, 2.24) is 0 Å². The summed E-state index contributed by atoms with van der Waals surface area (Å²) in [7, 11) is 0. The molecule has 0 radical (unpaired) electrons. The zero-order valence-corrected chi connectivity index (χ0v) is 14.4. The van der Waals surface area contributed by atoms with E-state index < -0.39 is 6.10 Å². The van der Waals surface area contributed by atoms with E-state index in [-0.39, 0.29) is 5.78 Å². The molecule has 0 amide bonds. The van der Waals surface area contributed by atoms with Crippen LogP contribution in [0.25, 0.3) is 0 Å². The third-order valence-corrected chi connectivity index (χ3v) is 3.97. The van der Waals surface area contributed by atoms with E-state index in [0.29, 0.717) is 5.56 Å². The fourth-order valence-corrected chi connectivity index (χ4v) is 2.40. The molecule has 20 heavy (non-hydrogen) atoms. The lowest BCUT2D eigenvalue weighted by molar-refractivity contribution is 0.0817. The Bertz CT molecular complexity index is 621. The number of hydrogen-bond donors (Lipinski definition) is 0. The van der Waals surface area contributed by atoms with Gasteiger partial charge in [0.05, 0.1) is 0 Å². The van der Waals surface area contributed by atoms with Gasteiger partial charge in [0.2, 0.25) is 5.78 Å². The lowest BCUT2D eigenvalue weighted by Gasteiger charge is -2.16. The van der Waals surface area contributed by atoms with E-state index in [1.54, 1.807) is 19.1 Å². The molecule has 1 atom stereocenters. The number of rotatable bonds is 4. The average molecular weight is 398 g/mol. The second kappa shape index (κ2) is 6.55. The minimum atomic E-state index is -0.524. The summed E-state index contributed by atoms with van der Waals surface area (Å²) in [6.45, 7) is 3.73. The zero-order valence-electron chi connectivity index (χ0n) is 11.2. The van der Waals surface area contributed by atoms with Crippen molar-refractivity contribution in [3.63, 3.8) is 0 Å². The van der Waals surface area contributed by atoms with Crippen molar-refractivity contribution in [1.29, 1.82) is 0 Å². The van der Waals surface area contributed by atoms with Crippen LogP contribution in [-0.2, 0) is 0 Å². The Morgan fingerprint density at radius 3 is 2.30 bits per heavy atom. The fraction of sp³-hybridized carbons (Fsp3) is 0.188. The Hall–Kier alpha value is -1.13. The Morgan fingerprint density at radius 1 is 1.05 bits per heavy atom. The summed E-state index contributed by atoms with van der Waals surface area (Å²) in [5, 5.41) is 0. The molecule has 2 rings (SSSR count). The van der Waals surface area contributed by atoms with E-state index >= 15 is 0 Å². The largest absolute Gasteiger partial charge is 0.482 e. The van der Waals surface area contributed by atoms with Crippen LogP contribution in [0.1, 0.15) is 22.8 Å². The number of Topliss-reactive ketones (excluding diaryl/α,β-unsaturated/α-hetero) is 1. The fourth-order valence-electron chi connectivity index (χ4n) is 1.79. The van der Waals surface area contributed by atoms with Crippen molar-refractivity contribution in [2.24, 2.45) is 0 Å². The van der Waals surface area contributed by atoms with Gasteiger partial charge < -0.3 is 4.74 Å². The number of halogens is 2. The first-order chi connectivity index (χ1) is 9.47. The van der Waals surface area contributed by atoms with Gasteiger partial charge in [0, 0.05) is 14.5 Å². The van der Waals surface area contributed by atoms with Crippen molar-refractivity contribution in [2.45, 2.75) is 20.0 Å². The molecule has 0 heterocycles. The molecule has 0 spiro atoms. The predicted octanol–water partition coefficient (Wildman–Crippen LogP) is 5.17. The predicted molar refractivity (Wildman–Crippen MR) is 87.4 cm³/mol. The van der Waals surface area contributed by atoms with Crippen LogP contribution in [0.3, 0.4) is 0 Å². The van der Waals surface area contributed by atoms with Crippen molar-refractivity contribution >= 4 is 37.6 Å². The molecule has 0 aliphatic carbocycles. The van der Waals surface area contributed by atoms with Crippen LogP contribution in [0.4, 0.5) is 0 Å². The summed E-state index contributed by atoms with van der Waals surface area (Å²) in [6, 6.07) is 13.1. The summed E-state index contributed by atoms with van der Waals surface area (Å²) in [5.41, 5.74) is 1.65. The topological polar surface area (TPSA) is 26.3 Å².